The third kappa shape index (κ3) is 5.11. The highest BCUT2D eigenvalue weighted by molar-refractivity contribution is 6.05. The van der Waals surface area contributed by atoms with Crippen molar-refractivity contribution in [3.8, 4) is 0 Å². The second-order valence-corrected chi connectivity index (χ2v) is 5.04. The fraction of sp³-hybridized carbons (Fsp3) is 0.158. The van der Waals surface area contributed by atoms with Gasteiger partial charge < -0.3 is 10.6 Å². The Balaban J connectivity index is 2.21. The minimum Gasteiger partial charge on any atom is -0.351 e. The Kier molecular flexibility index (Phi) is 6.12. The normalized spacial score (nSPS) is 10.9. The largest absolute Gasteiger partial charge is 0.351 e. The monoisotopic (exact) mass is 308 g/mol. The van der Waals surface area contributed by atoms with E-state index in [1.807, 2.05) is 43.3 Å². The first-order valence-corrected chi connectivity index (χ1v) is 7.62. The zero-order valence-electron chi connectivity index (χ0n) is 13.1. The number of rotatable bonds is 6. The topological polar surface area (TPSA) is 58.2 Å². The molecule has 0 aromatic heterocycles. The van der Waals surface area contributed by atoms with Gasteiger partial charge in [0, 0.05) is 12.1 Å². The Hall–Kier alpha value is -2.88. The number of hydrogen-bond donors (Lipinski definition) is 2. The molecule has 0 heterocycles. The van der Waals surface area contributed by atoms with E-state index in [1.54, 1.807) is 30.3 Å². The lowest BCUT2D eigenvalue weighted by Gasteiger charge is -2.10. The molecule has 118 valence electrons. The van der Waals surface area contributed by atoms with Crippen LogP contribution in [0.2, 0.25) is 0 Å². The maximum absolute atomic E-state index is 12.3. The highest BCUT2D eigenvalue weighted by Gasteiger charge is 2.13. The van der Waals surface area contributed by atoms with Crippen molar-refractivity contribution in [1.82, 2.24) is 10.6 Å². The molecular weight excluding hydrogens is 288 g/mol. The van der Waals surface area contributed by atoms with Crippen LogP contribution in [0.25, 0.3) is 6.08 Å². The van der Waals surface area contributed by atoms with Crippen LogP contribution in [0.4, 0.5) is 0 Å². The molecule has 4 heteroatoms. The summed E-state index contributed by atoms with van der Waals surface area (Å²) >= 11 is 0. The van der Waals surface area contributed by atoms with E-state index in [-0.39, 0.29) is 17.5 Å². The molecular formula is C19H20N2O2. The average molecular weight is 308 g/mol. The Labute approximate surface area is 136 Å². The van der Waals surface area contributed by atoms with Crippen molar-refractivity contribution >= 4 is 17.9 Å². The lowest BCUT2D eigenvalue weighted by Crippen LogP contribution is -2.35. The van der Waals surface area contributed by atoms with Gasteiger partial charge in [-0.05, 0) is 30.2 Å². The minimum absolute atomic E-state index is 0.235. The summed E-state index contributed by atoms with van der Waals surface area (Å²) in [5.74, 6) is -0.598. The lowest BCUT2D eigenvalue weighted by atomic mass is 10.1. The molecule has 2 amide bonds. The van der Waals surface area contributed by atoms with Crippen LogP contribution in [-0.2, 0) is 4.79 Å². The molecule has 0 aliphatic rings. The van der Waals surface area contributed by atoms with E-state index in [0.717, 1.165) is 12.0 Å². The van der Waals surface area contributed by atoms with Gasteiger partial charge in [-0.15, -0.1) is 0 Å². The summed E-state index contributed by atoms with van der Waals surface area (Å²) in [7, 11) is 0. The van der Waals surface area contributed by atoms with Gasteiger partial charge in [0.2, 0.25) is 0 Å². The number of amides is 2. The quantitative estimate of drug-likeness (QED) is 0.806. The first-order valence-electron chi connectivity index (χ1n) is 7.62. The second-order valence-electron chi connectivity index (χ2n) is 5.04. The molecule has 0 atom stereocenters. The van der Waals surface area contributed by atoms with Gasteiger partial charge in [-0.3, -0.25) is 9.59 Å². The van der Waals surface area contributed by atoms with E-state index < -0.39 is 0 Å². The van der Waals surface area contributed by atoms with Crippen molar-refractivity contribution in [3.05, 3.63) is 77.5 Å². The van der Waals surface area contributed by atoms with Gasteiger partial charge in [-0.2, -0.15) is 0 Å². The number of carbonyl (C=O) groups excluding carboxylic acids is 2. The predicted molar refractivity (Wildman–Crippen MR) is 91.6 cm³/mol. The summed E-state index contributed by atoms with van der Waals surface area (Å²) in [5.41, 5.74) is 1.59. The van der Waals surface area contributed by atoms with Crippen LogP contribution in [-0.4, -0.2) is 18.4 Å². The molecule has 0 radical (unpaired) electrons. The number of benzene rings is 2. The molecule has 2 aromatic carbocycles. The molecule has 2 aromatic rings. The molecule has 0 saturated carbocycles. The van der Waals surface area contributed by atoms with Crippen molar-refractivity contribution in [1.29, 1.82) is 0 Å². The van der Waals surface area contributed by atoms with Crippen molar-refractivity contribution in [3.63, 3.8) is 0 Å². The third-order valence-corrected chi connectivity index (χ3v) is 3.17. The van der Waals surface area contributed by atoms with Gasteiger partial charge in [-0.25, -0.2) is 0 Å². The smallest absolute Gasteiger partial charge is 0.267 e. The van der Waals surface area contributed by atoms with Gasteiger partial charge in [0.15, 0.2) is 0 Å². The molecule has 4 nitrogen and oxygen atoms in total. The highest BCUT2D eigenvalue weighted by atomic mass is 16.2. The van der Waals surface area contributed by atoms with E-state index >= 15 is 0 Å². The zero-order chi connectivity index (χ0) is 16.5. The van der Waals surface area contributed by atoms with Crippen molar-refractivity contribution in [2.24, 2.45) is 0 Å². The predicted octanol–water partition coefficient (Wildman–Crippen LogP) is 2.98. The fourth-order valence-corrected chi connectivity index (χ4v) is 1.99. The maximum Gasteiger partial charge on any atom is 0.267 e. The Morgan fingerprint density at radius 2 is 1.57 bits per heavy atom. The molecule has 0 fully saturated rings. The van der Waals surface area contributed by atoms with Crippen LogP contribution in [0.3, 0.4) is 0 Å². The lowest BCUT2D eigenvalue weighted by molar-refractivity contribution is -0.117. The number of hydrogen-bond acceptors (Lipinski definition) is 2. The Morgan fingerprint density at radius 1 is 0.957 bits per heavy atom. The van der Waals surface area contributed by atoms with Crippen LogP contribution in [0.15, 0.2) is 66.4 Å². The summed E-state index contributed by atoms with van der Waals surface area (Å²) in [6.45, 7) is 2.54. The Bertz CT molecular complexity index is 679. The van der Waals surface area contributed by atoms with Gasteiger partial charge in [0.05, 0.1) is 0 Å². The second kappa shape index (κ2) is 8.54. The van der Waals surface area contributed by atoms with Gasteiger partial charge in [0.1, 0.15) is 5.70 Å². The van der Waals surface area contributed by atoms with Crippen molar-refractivity contribution in [2.45, 2.75) is 13.3 Å². The molecule has 0 spiro atoms. The van der Waals surface area contributed by atoms with E-state index in [0.29, 0.717) is 12.1 Å². The minimum atomic E-state index is -0.306. The average Bonchev–Trinajstić information content (AvgIpc) is 2.60. The molecule has 23 heavy (non-hydrogen) atoms. The van der Waals surface area contributed by atoms with E-state index in [9.17, 15) is 9.59 Å². The van der Waals surface area contributed by atoms with E-state index in [1.165, 1.54) is 0 Å². The van der Waals surface area contributed by atoms with Crippen LogP contribution >= 0.6 is 0 Å². The SMILES string of the molecule is CCCNC(=O)C(=Cc1ccccc1)NC(=O)c1ccccc1. The van der Waals surface area contributed by atoms with Crippen LogP contribution in [0.5, 0.6) is 0 Å². The molecule has 0 aliphatic carbocycles. The standard InChI is InChI=1S/C19H20N2O2/c1-2-13-20-19(23)17(14-15-9-5-3-6-10-15)21-18(22)16-11-7-4-8-12-16/h3-12,14H,2,13H2,1H3,(H,20,23)(H,21,22). The summed E-state index contributed by atoms with van der Waals surface area (Å²) in [6, 6.07) is 18.2. The van der Waals surface area contributed by atoms with Crippen LogP contribution in [0, 0.1) is 0 Å². The molecule has 2 rings (SSSR count). The van der Waals surface area contributed by atoms with Gasteiger partial charge in [0.25, 0.3) is 11.8 Å². The van der Waals surface area contributed by atoms with Gasteiger partial charge in [-0.1, -0.05) is 55.5 Å². The summed E-state index contributed by atoms with van der Waals surface area (Å²) in [5, 5.41) is 5.49. The van der Waals surface area contributed by atoms with E-state index in [4.69, 9.17) is 0 Å². The van der Waals surface area contributed by atoms with E-state index in [2.05, 4.69) is 10.6 Å². The molecule has 0 saturated heterocycles. The molecule has 0 unspecified atom stereocenters. The van der Waals surface area contributed by atoms with Crippen LogP contribution in [0.1, 0.15) is 29.3 Å². The van der Waals surface area contributed by atoms with Crippen molar-refractivity contribution in [2.75, 3.05) is 6.54 Å². The summed E-state index contributed by atoms with van der Waals surface area (Å²) < 4.78 is 0. The van der Waals surface area contributed by atoms with Gasteiger partial charge >= 0.3 is 0 Å². The molecule has 2 N–H and O–H groups in total. The third-order valence-electron chi connectivity index (χ3n) is 3.17. The summed E-state index contributed by atoms with van der Waals surface area (Å²) in [4.78, 5) is 24.6. The zero-order valence-corrected chi connectivity index (χ0v) is 13.1. The fourth-order valence-electron chi connectivity index (χ4n) is 1.99. The maximum atomic E-state index is 12.3. The molecule has 0 aliphatic heterocycles. The first kappa shape index (κ1) is 16.5. The van der Waals surface area contributed by atoms with Crippen LogP contribution < -0.4 is 10.6 Å². The summed E-state index contributed by atoms with van der Waals surface area (Å²) in [6.07, 6.45) is 2.50. The molecule has 0 bridgehead atoms. The Morgan fingerprint density at radius 3 is 2.17 bits per heavy atom. The van der Waals surface area contributed by atoms with Crippen molar-refractivity contribution < 1.29 is 9.59 Å². The highest BCUT2D eigenvalue weighted by Crippen LogP contribution is 2.07. The number of carbonyl (C=O) groups is 2. The number of nitrogens with one attached hydrogen (secondary N) is 2. The first-order chi connectivity index (χ1) is 11.2.